The van der Waals surface area contributed by atoms with E-state index in [4.69, 9.17) is 11.5 Å². The number of halogens is 3. The number of nitrogens with two attached hydrogens (primary N) is 2. The number of alkyl halides is 3. The third-order valence-corrected chi connectivity index (χ3v) is 5.38. The van der Waals surface area contributed by atoms with Crippen LogP contribution in [0.1, 0.15) is 53.1 Å². The topological polar surface area (TPSA) is 131 Å². The molecule has 3 amide bonds. The predicted molar refractivity (Wildman–Crippen MR) is 101 cm³/mol. The van der Waals surface area contributed by atoms with Gasteiger partial charge < -0.3 is 21.7 Å². The van der Waals surface area contributed by atoms with Crippen LogP contribution in [0.2, 0.25) is 0 Å². The molecule has 1 aromatic rings. The van der Waals surface area contributed by atoms with Crippen molar-refractivity contribution in [2.75, 3.05) is 13.1 Å². The van der Waals surface area contributed by atoms with E-state index in [2.05, 4.69) is 10.3 Å². The summed E-state index contributed by atoms with van der Waals surface area (Å²) in [5.41, 5.74) is 9.15. The summed E-state index contributed by atoms with van der Waals surface area (Å²) in [4.78, 5) is 40.6. The van der Waals surface area contributed by atoms with Crippen molar-refractivity contribution in [3.8, 4) is 0 Å². The Kier molecular flexibility index (Phi) is 5.99. The molecule has 2 aliphatic rings. The molecule has 1 atom stereocenters. The summed E-state index contributed by atoms with van der Waals surface area (Å²) in [6, 6.07) is 2.75. The molecule has 8 nitrogen and oxygen atoms in total. The molecule has 1 aromatic carbocycles. The van der Waals surface area contributed by atoms with Gasteiger partial charge in [-0.15, -0.1) is 0 Å². The number of aliphatic imine (C=N–C) groups is 1. The molecule has 0 radical (unpaired) electrons. The number of benzene rings is 1. The number of hydrogen-bond acceptors (Lipinski definition) is 3. The molecule has 2 fully saturated rings. The number of hydrogen-bond donors (Lipinski definition) is 3. The number of likely N-dealkylation sites (tertiary alicyclic amines) is 1. The van der Waals surface area contributed by atoms with Crippen LogP contribution in [-0.4, -0.2) is 47.7 Å². The third kappa shape index (κ3) is 4.71. The summed E-state index contributed by atoms with van der Waals surface area (Å²) in [5.74, 6) is -2.28. The number of amides is 3. The number of nitrogens with one attached hydrogen (secondary N) is 1. The van der Waals surface area contributed by atoms with Crippen molar-refractivity contribution in [1.82, 2.24) is 10.2 Å². The highest BCUT2D eigenvalue weighted by Gasteiger charge is 2.38. The monoisotopic (exact) mass is 425 g/mol. The maximum Gasteiger partial charge on any atom is 0.416 e. The standard InChI is InChI=1S/C19H22F3N5O3/c20-19(21,22)13-9-11(16(29)26-18(23)24)1-2-12(13)10-5-7-27(8-6-10)17(30)14-3-4-15(28)25-14/h1-2,9-10,14H,3-8H2,(H,25,28)(H4,23,24,26,29). The number of carbonyl (C=O) groups is 3. The number of piperidine rings is 1. The van der Waals surface area contributed by atoms with Gasteiger partial charge in [0.05, 0.1) is 5.56 Å². The minimum atomic E-state index is -4.66. The Bertz CT molecular complexity index is 888. The average molecular weight is 425 g/mol. The fourth-order valence-electron chi connectivity index (χ4n) is 3.90. The molecule has 162 valence electrons. The van der Waals surface area contributed by atoms with E-state index >= 15 is 0 Å². The molecular weight excluding hydrogens is 403 g/mol. The Hall–Kier alpha value is -3.11. The van der Waals surface area contributed by atoms with Crippen molar-refractivity contribution in [2.45, 2.75) is 43.8 Å². The molecule has 5 N–H and O–H groups in total. The second kappa shape index (κ2) is 8.33. The van der Waals surface area contributed by atoms with Crippen LogP contribution in [0.25, 0.3) is 0 Å². The zero-order valence-electron chi connectivity index (χ0n) is 16.0. The molecule has 30 heavy (non-hydrogen) atoms. The van der Waals surface area contributed by atoms with Gasteiger partial charge in [0.15, 0.2) is 5.96 Å². The van der Waals surface area contributed by atoms with Crippen LogP contribution in [0, 0.1) is 0 Å². The maximum atomic E-state index is 13.7. The first-order chi connectivity index (χ1) is 14.1. The molecule has 0 aliphatic carbocycles. The Balaban J connectivity index is 1.76. The van der Waals surface area contributed by atoms with Gasteiger partial charge in [-0.25, -0.2) is 0 Å². The van der Waals surface area contributed by atoms with E-state index in [1.54, 1.807) is 4.90 Å². The van der Waals surface area contributed by atoms with Gasteiger partial charge in [0.25, 0.3) is 5.91 Å². The quantitative estimate of drug-likeness (QED) is 0.493. The molecule has 0 spiro atoms. The Labute approximate surface area is 170 Å². The van der Waals surface area contributed by atoms with Crippen LogP contribution in [-0.2, 0) is 15.8 Å². The van der Waals surface area contributed by atoms with Crippen molar-refractivity contribution in [3.63, 3.8) is 0 Å². The molecular formula is C19H22F3N5O3. The average Bonchev–Trinajstić information content (AvgIpc) is 3.12. The number of carbonyl (C=O) groups excluding carboxylic acids is 3. The van der Waals surface area contributed by atoms with Crippen LogP contribution in [0.3, 0.4) is 0 Å². The summed E-state index contributed by atoms with van der Waals surface area (Å²) in [6.07, 6.45) is -3.24. The van der Waals surface area contributed by atoms with E-state index in [0.717, 1.165) is 6.07 Å². The lowest BCUT2D eigenvalue weighted by molar-refractivity contribution is -0.139. The highest BCUT2D eigenvalue weighted by Crippen LogP contribution is 2.39. The second-order valence-electron chi connectivity index (χ2n) is 7.40. The Morgan fingerprint density at radius 3 is 2.33 bits per heavy atom. The lowest BCUT2D eigenvalue weighted by Crippen LogP contribution is -2.47. The SMILES string of the molecule is NC(N)=NC(=O)c1ccc(C2CCN(C(=O)C3CCC(=O)N3)CC2)c(C(F)(F)F)c1. The minimum absolute atomic E-state index is 0.0741. The van der Waals surface area contributed by atoms with Crippen LogP contribution in [0.4, 0.5) is 13.2 Å². The molecule has 2 heterocycles. The largest absolute Gasteiger partial charge is 0.416 e. The Morgan fingerprint density at radius 2 is 1.80 bits per heavy atom. The Morgan fingerprint density at radius 1 is 1.13 bits per heavy atom. The normalized spacial score (nSPS) is 20.0. The molecule has 11 heteroatoms. The van der Waals surface area contributed by atoms with E-state index < -0.39 is 35.6 Å². The van der Waals surface area contributed by atoms with Gasteiger partial charge in [0.2, 0.25) is 11.8 Å². The summed E-state index contributed by atoms with van der Waals surface area (Å²) in [6.45, 7) is 0.587. The van der Waals surface area contributed by atoms with E-state index in [9.17, 15) is 27.6 Å². The van der Waals surface area contributed by atoms with Gasteiger partial charge in [-0.05, 0) is 42.9 Å². The molecule has 0 aromatic heterocycles. The summed E-state index contributed by atoms with van der Waals surface area (Å²) in [5, 5.41) is 2.61. The van der Waals surface area contributed by atoms with E-state index in [0.29, 0.717) is 38.8 Å². The molecule has 2 saturated heterocycles. The van der Waals surface area contributed by atoms with Gasteiger partial charge in [0, 0.05) is 25.1 Å². The van der Waals surface area contributed by atoms with Crippen LogP contribution in [0.5, 0.6) is 0 Å². The van der Waals surface area contributed by atoms with Crippen molar-refractivity contribution < 1.29 is 27.6 Å². The van der Waals surface area contributed by atoms with Gasteiger partial charge in [0.1, 0.15) is 6.04 Å². The van der Waals surface area contributed by atoms with E-state index in [1.807, 2.05) is 0 Å². The van der Waals surface area contributed by atoms with Crippen molar-refractivity contribution in [1.29, 1.82) is 0 Å². The number of rotatable bonds is 3. The van der Waals surface area contributed by atoms with Crippen molar-refractivity contribution in [2.24, 2.45) is 16.5 Å². The molecule has 0 saturated carbocycles. The second-order valence-corrected chi connectivity index (χ2v) is 7.40. The molecule has 2 aliphatic heterocycles. The zero-order valence-corrected chi connectivity index (χ0v) is 16.0. The van der Waals surface area contributed by atoms with Crippen LogP contribution in [0.15, 0.2) is 23.2 Å². The highest BCUT2D eigenvalue weighted by atomic mass is 19.4. The first-order valence-corrected chi connectivity index (χ1v) is 9.49. The van der Waals surface area contributed by atoms with Crippen molar-refractivity contribution in [3.05, 3.63) is 34.9 Å². The van der Waals surface area contributed by atoms with Gasteiger partial charge in [-0.3, -0.25) is 14.4 Å². The summed E-state index contributed by atoms with van der Waals surface area (Å²) in [7, 11) is 0. The first kappa shape index (κ1) is 21.6. The molecule has 3 rings (SSSR count). The van der Waals surface area contributed by atoms with Gasteiger partial charge >= 0.3 is 6.18 Å². The van der Waals surface area contributed by atoms with Gasteiger partial charge in [-0.1, -0.05) is 6.07 Å². The molecule has 0 bridgehead atoms. The fraction of sp³-hybridized carbons (Fsp3) is 0.474. The minimum Gasteiger partial charge on any atom is -0.370 e. The lowest BCUT2D eigenvalue weighted by atomic mass is 9.85. The first-order valence-electron chi connectivity index (χ1n) is 9.49. The summed E-state index contributed by atoms with van der Waals surface area (Å²) < 4.78 is 41.0. The summed E-state index contributed by atoms with van der Waals surface area (Å²) >= 11 is 0. The van der Waals surface area contributed by atoms with Crippen LogP contribution < -0.4 is 16.8 Å². The molecule has 1 unspecified atom stereocenters. The predicted octanol–water partition coefficient (Wildman–Crippen LogP) is 1.10. The van der Waals surface area contributed by atoms with Crippen LogP contribution >= 0.6 is 0 Å². The van der Waals surface area contributed by atoms with E-state index in [-0.39, 0.29) is 22.9 Å². The fourth-order valence-corrected chi connectivity index (χ4v) is 3.90. The maximum absolute atomic E-state index is 13.7. The zero-order chi connectivity index (χ0) is 22.1. The number of guanidine groups is 1. The van der Waals surface area contributed by atoms with E-state index in [1.165, 1.54) is 12.1 Å². The smallest absolute Gasteiger partial charge is 0.370 e. The lowest BCUT2D eigenvalue weighted by Gasteiger charge is -2.34. The highest BCUT2D eigenvalue weighted by molar-refractivity contribution is 6.02. The van der Waals surface area contributed by atoms with Crippen molar-refractivity contribution >= 4 is 23.7 Å². The van der Waals surface area contributed by atoms with Gasteiger partial charge in [-0.2, -0.15) is 18.2 Å². The number of nitrogens with zero attached hydrogens (tertiary/aromatic N) is 2. The third-order valence-electron chi connectivity index (χ3n) is 5.38.